The van der Waals surface area contributed by atoms with Crippen LogP contribution in [0.4, 0.5) is 0 Å². The Labute approximate surface area is 163 Å². The molecule has 1 fully saturated rings. The van der Waals surface area contributed by atoms with Crippen LogP contribution >= 0.6 is 11.6 Å². The summed E-state index contributed by atoms with van der Waals surface area (Å²) in [6.07, 6.45) is 8.35. The summed E-state index contributed by atoms with van der Waals surface area (Å²) in [6.45, 7) is 0. The quantitative estimate of drug-likeness (QED) is 0.790. The Morgan fingerprint density at radius 2 is 1.93 bits per heavy atom. The number of nitriles is 1. The molecule has 1 aromatic heterocycles. The van der Waals surface area contributed by atoms with Crippen molar-refractivity contribution >= 4 is 23.6 Å². The lowest BCUT2D eigenvalue weighted by Gasteiger charge is -2.28. The van der Waals surface area contributed by atoms with Crippen molar-refractivity contribution in [2.24, 2.45) is 0 Å². The molecule has 3 rings (SSSR count). The Kier molecular flexibility index (Phi) is 6.45. The maximum Gasteiger partial charge on any atom is 0.244 e. The van der Waals surface area contributed by atoms with Gasteiger partial charge in [-0.1, -0.05) is 23.7 Å². The molecule has 0 bridgehead atoms. The minimum absolute atomic E-state index is 0.0863. The summed E-state index contributed by atoms with van der Waals surface area (Å²) in [5.74, 6) is 0.440. The zero-order valence-corrected chi connectivity index (χ0v) is 15.5. The molecule has 1 aromatic carbocycles. The molecular formula is C21H20ClN3O2. The number of benzene rings is 1. The summed E-state index contributed by atoms with van der Waals surface area (Å²) in [7, 11) is 0. The van der Waals surface area contributed by atoms with Crippen LogP contribution in [0.2, 0.25) is 5.02 Å². The molecule has 0 unspecified atom stereocenters. The first-order chi connectivity index (χ1) is 13.1. The zero-order chi connectivity index (χ0) is 19.1. The van der Waals surface area contributed by atoms with Gasteiger partial charge in [-0.3, -0.25) is 4.79 Å². The number of carbonyl (C=O) groups is 1. The summed E-state index contributed by atoms with van der Waals surface area (Å²) >= 11 is 5.85. The number of halogens is 1. The third kappa shape index (κ3) is 5.83. The number of aromatic nitrogens is 1. The molecule has 0 saturated heterocycles. The molecule has 1 aliphatic rings. The molecular weight excluding hydrogens is 362 g/mol. The smallest absolute Gasteiger partial charge is 0.244 e. The predicted molar refractivity (Wildman–Crippen MR) is 104 cm³/mol. The van der Waals surface area contributed by atoms with E-state index in [1.165, 1.54) is 6.20 Å². The maximum atomic E-state index is 12.1. The monoisotopic (exact) mass is 381 g/mol. The Morgan fingerprint density at radius 3 is 2.56 bits per heavy atom. The van der Waals surface area contributed by atoms with E-state index in [4.69, 9.17) is 21.6 Å². The fourth-order valence-electron chi connectivity index (χ4n) is 3.01. The lowest BCUT2D eigenvalue weighted by Crippen LogP contribution is -2.39. The van der Waals surface area contributed by atoms with Gasteiger partial charge < -0.3 is 10.1 Å². The van der Waals surface area contributed by atoms with Gasteiger partial charge in [-0.2, -0.15) is 5.26 Å². The molecule has 0 radical (unpaired) electrons. The molecule has 1 amide bonds. The average molecular weight is 382 g/mol. The minimum atomic E-state index is -0.0944. The fourth-order valence-corrected chi connectivity index (χ4v) is 3.13. The van der Waals surface area contributed by atoms with Crippen molar-refractivity contribution in [2.45, 2.75) is 37.8 Å². The van der Waals surface area contributed by atoms with E-state index >= 15 is 0 Å². The molecule has 0 spiro atoms. The van der Waals surface area contributed by atoms with Crippen LogP contribution in [0, 0.1) is 11.3 Å². The van der Waals surface area contributed by atoms with Gasteiger partial charge in [0.05, 0.1) is 5.56 Å². The number of rotatable bonds is 5. The van der Waals surface area contributed by atoms with Crippen LogP contribution in [0.3, 0.4) is 0 Å². The van der Waals surface area contributed by atoms with Gasteiger partial charge >= 0.3 is 0 Å². The van der Waals surface area contributed by atoms with Crippen LogP contribution in [0.15, 0.2) is 48.7 Å². The summed E-state index contributed by atoms with van der Waals surface area (Å²) < 4.78 is 5.87. The standard InChI is InChI=1S/C21H20ClN3O2/c22-17-5-1-15(2-6-17)3-11-20(26)25-18-7-9-19(10-8-18)27-21-12-4-16(13-23)14-24-21/h1-6,11-12,14,18-19H,7-10H2,(H,25,26)/b11-3+. The lowest BCUT2D eigenvalue weighted by atomic mass is 9.93. The summed E-state index contributed by atoms with van der Waals surface area (Å²) in [5.41, 5.74) is 1.45. The van der Waals surface area contributed by atoms with Crippen molar-refractivity contribution in [2.75, 3.05) is 0 Å². The number of carbonyl (C=O) groups excluding carboxylic acids is 1. The number of amides is 1. The van der Waals surface area contributed by atoms with Gasteiger partial charge in [-0.05, 0) is 55.5 Å². The van der Waals surface area contributed by atoms with Crippen LogP contribution in [0.25, 0.3) is 6.08 Å². The highest BCUT2D eigenvalue weighted by Crippen LogP contribution is 2.23. The predicted octanol–water partition coefficient (Wildman–Crippen LogP) is 4.13. The molecule has 0 atom stereocenters. The largest absolute Gasteiger partial charge is 0.474 e. The Hall–Kier alpha value is -2.84. The highest BCUT2D eigenvalue weighted by Gasteiger charge is 2.23. The molecule has 138 valence electrons. The Morgan fingerprint density at radius 1 is 1.19 bits per heavy atom. The van der Waals surface area contributed by atoms with Crippen molar-refractivity contribution in [3.8, 4) is 11.9 Å². The van der Waals surface area contributed by atoms with Gasteiger partial charge in [0.2, 0.25) is 11.8 Å². The van der Waals surface area contributed by atoms with Crippen molar-refractivity contribution in [3.63, 3.8) is 0 Å². The molecule has 0 aliphatic heterocycles. The molecule has 2 aromatic rings. The van der Waals surface area contributed by atoms with Crippen molar-refractivity contribution in [3.05, 3.63) is 64.8 Å². The fraction of sp³-hybridized carbons (Fsp3) is 0.286. The summed E-state index contributed by atoms with van der Waals surface area (Å²) in [5, 5.41) is 12.5. The van der Waals surface area contributed by atoms with Crippen LogP contribution in [0.1, 0.15) is 36.8 Å². The molecule has 5 nitrogen and oxygen atoms in total. The second-order valence-electron chi connectivity index (χ2n) is 6.48. The molecule has 1 N–H and O–H groups in total. The topological polar surface area (TPSA) is 75.0 Å². The maximum absolute atomic E-state index is 12.1. The van der Waals surface area contributed by atoms with Gasteiger partial charge in [-0.15, -0.1) is 0 Å². The number of hydrogen-bond donors (Lipinski definition) is 1. The number of nitrogens with zero attached hydrogens (tertiary/aromatic N) is 2. The number of pyridine rings is 1. The van der Waals surface area contributed by atoms with Gasteiger partial charge in [-0.25, -0.2) is 4.98 Å². The van der Waals surface area contributed by atoms with E-state index in [2.05, 4.69) is 10.3 Å². The first kappa shape index (κ1) is 18.9. The molecule has 6 heteroatoms. The highest BCUT2D eigenvalue weighted by molar-refractivity contribution is 6.30. The Balaban J connectivity index is 1.42. The van der Waals surface area contributed by atoms with E-state index in [0.29, 0.717) is 16.5 Å². The van der Waals surface area contributed by atoms with Gasteiger partial charge in [0.15, 0.2) is 0 Å². The third-order valence-electron chi connectivity index (χ3n) is 4.47. The normalized spacial score (nSPS) is 19.4. The highest BCUT2D eigenvalue weighted by atomic mass is 35.5. The minimum Gasteiger partial charge on any atom is -0.474 e. The zero-order valence-electron chi connectivity index (χ0n) is 14.8. The van der Waals surface area contributed by atoms with Crippen molar-refractivity contribution in [1.82, 2.24) is 10.3 Å². The Bertz CT molecular complexity index is 833. The second kappa shape index (κ2) is 9.20. The van der Waals surface area contributed by atoms with Gasteiger partial charge in [0.1, 0.15) is 12.2 Å². The van der Waals surface area contributed by atoms with E-state index in [1.807, 2.05) is 18.2 Å². The molecule has 27 heavy (non-hydrogen) atoms. The second-order valence-corrected chi connectivity index (χ2v) is 6.92. The number of hydrogen-bond acceptors (Lipinski definition) is 4. The van der Waals surface area contributed by atoms with E-state index in [1.54, 1.807) is 36.4 Å². The van der Waals surface area contributed by atoms with E-state index < -0.39 is 0 Å². The van der Waals surface area contributed by atoms with E-state index in [0.717, 1.165) is 31.2 Å². The molecule has 1 aliphatic carbocycles. The van der Waals surface area contributed by atoms with E-state index in [-0.39, 0.29) is 18.1 Å². The first-order valence-electron chi connectivity index (χ1n) is 8.89. The molecule has 1 saturated carbocycles. The SMILES string of the molecule is N#Cc1ccc(OC2CCC(NC(=O)/C=C/c3ccc(Cl)cc3)CC2)nc1. The summed E-state index contributed by atoms with van der Waals surface area (Å²) in [6, 6.07) is 12.9. The van der Waals surface area contributed by atoms with Crippen molar-refractivity contribution < 1.29 is 9.53 Å². The van der Waals surface area contributed by atoms with Gasteiger partial charge in [0, 0.05) is 29.4 Å². The number of ether oxygens (including phenoxy) is 1. The van der Waals surface area contributed by atoms with Crippen molar-refractivity contribution in [1.29, 1.82) is 5.26 Å². The van der Waals surface area contributed by atoms with Crippen LogP contribution in [-0.4, -0.2) is 23.0 Å². The third-order valence-corrected chi connectivity index (χ3v) is 4.72. The van der Waals surface area contributed by atoms with Crippen LogP contribution in [-0.2, 0) is 4.79 Å². The van der Waals surface area contributed by atoms with Gasteiger partial charge in [0.25, 0.3) is 0 Å². The lowest BCUT2D eigenvalue weighted by molar-refractivity contribution is -0.117. The van der Waals surface area contributed by atoms with Crippen LogP contribution in [0.5, 0.6) is 5.88 Å². The first-order valence-corrected chi connectivity index (χ1v) is 9.27. The summed E-state index contributed by atoms with van der Waals surface area (Å²) in [4.78, 5) is 16.2. The van der Waals surface area contributed by atoms with Crippen LogP contribution < -0.4 is 10.1 Å². The molecule has 1 heterocycles. The average Bonchev–Trinajstić information content (AvgIpc) is 2.70. The number of nitrogens with one attached hydrogen (secondary N) is 1. The van der Waals surface area contributed by atoms with E-state index in [9.17, 15) is 4.79 Å².